The maximum Gasteiger partial charge on any atom is 0.410 e. The van der Waals surface area contributed by atoms with Gasteiger partial charge in [-0.1, -0.05) is 6.92 Å². The number of carbonyl (C=O) groups excluding carboxylic acids is 2. The molecule has 0 unspecified atom stereocenters. The van der Waals surface area contributed by atoms with Crippen molar-refractivity contribution in [2.45, 2.75) is 59.0 Å². The van der Waals surface area contributed by atoms with Gasteiger partial charge in [-0.15, -0.1) is 0 Å². The summed E-state index contributed by atoms with van der Waals surface area (Å²) in [4.78, 5) is 24.4. The van der Waals surface area contributed by atoms with Crippen LogP contribution in [0.1, 0.15) is 53.4 Å². The Hall–Kier alpha value is -1.06. The Morgan fingerprint density at radius 1 is 1.33 bits per heavy atom. The van der Waals surface area contributed by atoms with Crippen molar-refractivity contribution in [2.24, 2.45) is 5.41 Å². The van der Waals surface area contributed by atoms with Gasteiger partial charge in [0.05, 0.1) is 0 Å². The van der Waals surface area contributed by atoms with Crippen LogP contribution in [0.15, 0.2) is 0 Å². The number of ether oxygens (including phenoxy) is 1. The maximum atomic E-state index is 11.9. The van der Waals surface area contributed by atoms with Gasteiger partial charge in [0.2, 0.25) is 0 Å². The minimum Gasteiger partial charge on any atom is -0.444 e. The molecule has 0 N–H and O–H groups in total. The molecule has 0 spiro atoms. The quantitative estimate of drug-likeness (QED) is 0.728. The van der Waals surface area contributed by atoms with Crippen molar-refractivity contribution >= 4 is 12.4 Å². The standard InChI is InChI=1S/C14H25NO3/c1-5-14(8-11-16)6-9-15(10-7-14)12(17)18-13(2,3)4/h11H,5-10H2,1-4H3. The van der Waals surface area contributed by atoms with E-state index in [0.717, 1.165) is 25.5 Å². The molecule has 104 valence electrons. The molecular formula is C14H25NO3. The monoisotopic (exact) mass is 255 g/mol. The first-order valence-electron chi connectivity index (χ1n) is 6.73. The topological polar surface area (TPSA) is 46.6 Å². The van der Waals surface area contributed by atoms with Crippen molar-refractivity contribution in [3.05, 3.63) is 0 Å². The minimum absolute atomic E-state index is 0.0975. The van der Waals surface area contributed by atoms with Crippen LogP contribution < -0.4 is 0 Å². The molecule has 1 aliphatic rings. The van der Waals surface area contributed by atoms with Crippen LogP contribution in [0.4, 0.5) is 4.79 Å². The molecule has 0 aromatic carbocycles. The van der Waals surface area contributed by atoms with E-state index in [4.69, 9.17) is 4.74 Å². The molecule has 18 heavy (non-hydrogen) atoms. The lowest BCUT2D eigenvalue weighted by Crippen LogP contribution is -2.45. The van der Waals surface area contributed by atoms with E-state index in [1.54, 1.807) is 4.90 Å². The number of aldehydes is 1. The summed E-state index contributed by atoms with van der Waals surface area (Å²) in [5.41, 5.74) is -0.348. The molecule has 4 nitrogen and oxygen atoms in total. The highest BCUT2D eigenvalue weighted by Gasteiger charge is 2.35. The lowest BCUT2D eigenvalue weighted by atomic mass is 9.74. The van der Waals surface area contributed by atoms with E-state index in [2.05, 4.69) is 6.92 Å². The summed E-state index contributed by atoms with van der Waals surface area (Å²) >= 11 is 0. The average molecular weight is 255 g/mol. The molecule has 0 saturated carbocycles. The van der Waals surface area contributed by atoms with Crippen molar-refractivity contribution in [1.82, 2.24) is 4.90 Å². The van der Waals surface area contributed by atoms with Gasteiger partial charge in [-0.2, -0.15) is 0 Å². The maximum absolute atomic E-state index is 11.9. The van der Waals surface area contributed by atoms with Gasteiger partial charge < -0.3 is 14.4 Å². The lowest BCUT2D eigenvalue weighted by Gasteiger charge is -2.40. The zero-order chi connectivity index (χ0) is 13.8. The molecule has 1 fully saturated rings. The van der Waals surface area contributed by atoms with Crippen LogP contribution in [0.25, 0.3) is 0 Å². The molecule has 0 aliphatic carbocycles. The second kappa shape index (κ2) is 5.72. The van der Waals surface area contributed by atoms with E-state index in [1.165, 1.54) is 0 Å². The van der Waals surface area contributed by atoms with Gasteiger partial charge in [0.25, 0.3) is 0 Å². The second-order valence-corrected chi connectivity index (χ2v) is 6.19. The van der Waals surface area contributed by atoms with Gasteiger partial charge in [-0.3, -0.25) is 0 Å². The number of carbonyl (C=O) groups is 2. The van der Waals surface area contributed by atoms with Crippen LogP contribution in [0.3, 0.4) is 0 Å². The smallest absolute Gasteiger partial charge is 0.410 e. The zero-order valence-electron chi connectivity index (χ0n) is 12.0. The summed E-state index contributed by atoms with van der Waals surface area (Å²) in [7, 11) is 0. The molecule has 1 rings (SSSR count). The average Bonchev–Trinajstić information content (AvgIpc) is 2.28. The molecule has 0 aromatic rings. The van der Waals surface area contributed by atoms with Gasteiger partial charge in [-0.05, 0) is 45.4 Å². The van der Waals surface area contributed by atoms with Crippen molar-refractivity contribution in [1.29, 1.82) is 0 Å². The molecule has 0 aromatic heterocycles. The van der Waals surface area contributed by atoms with Crippen LogP contribution in [0, 0.1) is 5.41 Å². The van der Waals surface area contributed by atoms with E-state index in [-0.39, 0.29) is 11.5 Å². The number of likely N-dealkylation sites (tertiary alicyclic amines) is 1. The van der Waals surface area contributed by atoms with Crippen LogP contribution in [-0.4, -0.2) is 36.0 Å². The molecule has 1 aliphatic heterocycles. The molecule has 1 saturated heterocycles. The third-order valence-electron chi connectivity index (χ3n) is 3.74. The summed E-state index contributed by atoms with van der Waals surface area (Å²) in [6.07, 6.45) is 4.15. The number of nitrogens with zero attached hydrogens (tertiary/aromatic N) is 1. The highest BCUT2D eigenvalue weighted by molar-refractivity contribution is 5.68. The van der Waals surface area contributed by atoms with Crippen molar-refractivity contribution in [2.75, 3.05) is 13.1 Å². The summed E-state index contributed by atoms with van der Waals surface area (Å²) in [5.74, 6) is 0. The van der Waals surface area contributed by atoms with Crippen LogP contribution >= 0.6 is 0 Å². The number of rotatable bonds is 3. The fraction of sp³-hybridized carbons (Fsp3) is 0.857. The molecule has 0 bridgehead atoms. The van der Waals surface area contributed by atoms with E-state index in [9.17, 15) is 9.59 Å². The highest BCUT2D eigenvalue weighted by Crippen LogP contribution is 2.37. The normalized spacial score (nSPS) is 19.4. The Bertz CT molecular complexity index is 299. The summed E-state index contributed by atoms with van der Waals surface area (Å²) in [5, 5.41) is 0. The fourth-order valence-electron chi connectivity index (χ4n) is 2.37. The van der Waals surface area contributed by atoms with E-state index >= 15 is 0 Å². The lowest BCUT2D eigenvalue weighted by molar-refractivity contribution is -0.110. The zero-order valence-corrected chi connectivity index (χ0v) is 12.0. The molecule has 1 heterocycles. The van der Waals surface area contributed by atoms with Crippen LogP contribution in [0.5, 0.6) is 0 Å². The molecule has 4 heteroatoms. The predicted molar refractivity (Wildman–Crippen MR) is 70.4 cm³/mol. The summed E-state index contributed by atoms with van der Waals surface area (Å²) in [6.45, 7) is 9.12. The summed E-state index contributed by atoms with van der Waals surface area (Å²) in [6, 6.07) is 0. The third-order valence-corrected chi connectivity index (χ3v) is 3.74. The Kier molecular flexibility index (Phi) is 4.77. The Balaban J connectivity index is 2.53. The van der Waals surface area contributed by atoms with Gasteiger partial charge >= 0.3 is 6.09 Å². The molecule has 1 amide bonds. The van der Waals surface area contributed by atoms with Gasteiger partial charge in [0, 0.05) is 19.5 Å². The minimum atomic E-state index is -0.445. The SMILES string of the molecule is CCC1(CC=O)CCN(C(=O)OC(C)(C)C)CC1. The fourth-order valence-corrected chi connectivity index (χ4v) is 2.37. The molecular weight excluding hydrogens is 230 g/mol. The Morgan fingerprint density at radius 3 is 2.28 bits per heavy atom. The van der Waals surface area contributed by atoms with Crippen LogP contribution in [-0.2, 0) is 9.53 Å². The van der Waals surface area contributed by atoms with Gasteiger partial charge in [-0.25, -0.2) is 4.79 Å². The number of amides is 1. The first kappa shape index (κ1) is 15.0. The molecule has 0 atom stereocenters. The van der Waals surface area contributed by atoms with Crippen molar-refractivity contribution in [3.8, 4) is 0 Å². The van der Waals surface area contributed by atoms with E-state index in [1.807, 2.05) is 20.8 Å². The predicted octanol–water partition coefficient (Wildman–Crippen LogP) is 3.00. The highest BCUT2D eigenvalue weighted by atomic mass is 16.6. The number of piperidine rings is 1. The first-order chi connectivity index (χ1) is 8.32. The van der Waals surface area contributed by atoms with Gasteiger partial charge in [0.15, 0.2) is 0 Å². The van der Waals surface area contributed by atoms with E-state index in [0.29, 0.717) is 19.5 Å². The van der Waals surface area contributed by atoms with Crippen molar-refractivity contribution < 1.29 is 14.3 Å². The molecule has 0 radical (unpaired) electrons. The van der Waals surface area contributed by atoms with Crippen molar-refractivity contribution in [3.63, 3.8) is 0 Å². The van der Waals surface area contributed by atoms with E-state index < -0.39 is 5.60 Å². The van der Waals surface area contributed by atoms with Gasteiger partial charge in [0.1, 0.15) is 11.9 Å². The Labute approximate surface area is 110 Å². The Morgan fingerprint density at radius 2 is 1.89 bits per heavy atom. The number of hydrogen-bond donors (Lipinski definition) is 0. The van der Waals surface area contributed by atoms with Crippen LogP contribution in [0.2, 0.25) is 0 Å². The number of hydrogen-bond acceptors (Lipinski definition) is 3. The first-order valence-corrected chi connectivity index (χ1v) is 6.73. The summed E-state index contributed by atoms with van der Waals surface area (Å²) < 4.78 is 5.36. The third kappa shape index (κ3) is 4.00. The second-order valence-electron chi connectivity index (χ2n) is 6.19. The largest absolute Gasteiger partial charge is 0.444 e.